The average Bonchev–Trinajstić information content (AvgIpc) is 2.65. The molecule has 0 bridgehead atoms. The van der Waals surface area contributed by atoms with Gasteiger partial charge in [0, 0.05) is 32.4 Å². The van der Waals surface area contributed by atoms with Gasteiger partial charge in [-0.3, -0.25) is 0 Å². The molecule has 0 spiro atoms. The number of pyridine rings is 1. The Bertz CT molecular complexity index is 745. The molecule has 142 valence electrons. The van der Waals surface area contributed by atoms with E-state index in [0.29, 0.717) is 29.2 Å². The van der Waals surface area contributed by atoms with Gasteiger partial charge in [0.2, 0.25) is 0 Å². The summed E-state index contributed by atoms with van der Waals surface area (Å²) in [6.45, 7) is 6.22. The number of rotatable bonds is 8. The van der Waals surface area contributed by atoms with E-state index in [1.165, 1.54) is 0 Å². The van der Waals surface area contributed by atoms with Crippen LogP contribution in [0.4, 0.5) is 11.6 Å². The first kappa shape index (κ1) is 19.8. The number of methoxy groups -OCH3 is 2. The minimum atomic E-state index is 0.332. The van der Waals surface area contributed by atoms with Crippen LogP contribution < -0.4 is 19.7 Å². The maximum absolute atomic E-state index is 5.56. The lowest BCUT2D eigenvalue weighted by Crippen LogP contribution is -2.19. The van der Waals surface area contributed by atoms with Crippen LogP contribution in [0.15, 0.2) is 12.3 Å². The van der Waals surface area contributed by atoms with Crippen molar-refractivity contribution in [3.8, 4) is 22.9 Å². The normalized spacial score (nSPS) is 10.8. The predicted octanol–water partition coefficient (Wildman–Crippen LogP) is 3.53. The third kappa shape index (κ3) is 4.15. The fraction of sp³-hybridized carbons (Fsp3) is 0.526. The molecule has 0 saturated heterocycles. The molecule has 0 atom stereocenters. The first-order chi connectivity index (χ1) is 12.4. The van der Waals surface area contributed by atoms with Gasteiger partial charge < -0.3 is 19.7 Å². The molecule has 0 aliphatic heterocycles. The van der Waals surface area contributed by atoms with Gasteiger partial charge in [-0.1, -0.05) is 13.8 Å². The van der Waals surface area contributed by atoms with Crippen molar-refractivity contribution in [3.05, 3.63) is 18.0 Å². The van der Waals surface area contributed by atoms with Gasteiger partial charge in [-0.05, 0) is 19.8 Å². The second kappa shape index (κ2) is 8.69. The fourth-order valence-electron chi connectivity index (χ4n) is 2.70. The molecule has 0 aliphatic rings. The van der Waals surface area contributed by atoms with Crippen LogP contribution in [0.25, 0.3) is 11.3 Å². The number of anilines is 2. The standard InChI is InChI=1S/C19H29N5O2/c1-8-13(9-2)22-18-19(26-7)23-17(12(3)21-18)14-11-20-16(24(4)5)10-15(14)25-6/h10-11,13H,8-9H2,1-7H3,(H,21,22). The van der Waals surface area contributed by atoms with E-state index < -0.39 is 0 Å². The molecule has 2 aromatic rings. The highest BCUT2D eigenvalue weighted by molar-refractivity contribution is 5.71. The summed E-state index contributed by atoms with van der Waals surface area (Å²) in [7, 11) is 7.12. The van der Waals surface area contributed by atoms with E-state index in [0.717, 1.165) is 29.9 Å². The number of nitrogens with zero attached hydrogens (tertiary/aromatic N) is 4. The molecule has 1 N–H and O–H groups in total. The zero-order chi connectivity index (χ0) is 19.3. The largest absolute Gasteiger partial charge is 0.496 e. The van der Waals surface area contributed by atoms with Crippen molar-refractivity contribution in [1.29, 1.82) is 0 Å². The van der Waals surface area contributed by atoms with Crippen molar-refractivity contribution in [2.75, 3.05) is 38.5 Å². The molecule has 0 amide bonds. The van der Waals surface area contributed by atoms with E-state index in [9.17, 15) is 0 Å². The fourth-order valence-corrected chi connectivity index (χ4v) is 2.70. The highest BCUT2D eigenvalue weighted by atomic mass is 16.5. The number of nitrogens with one attached hydrogen (secondary N) is 1. The Morgan fingerprint density at radius 1 is 1.12 bits per heavy atom. The maximum Gasteiger partial charge on any atom is 0.257 e. The third-order valence-electron chi connectivity index (χ3n) is 4.34. The van der Waals surface area contributed by atoms with Crippen LogP contribution in [0.1, 0.15) is 32.4 Å². The zero-order valence-electron chi connectivity index (χ0n) is 16.8. The molecule has 0 aromatic carbocycles. The van der Waals surface area contributed by atoms with Crippen molar-refractivity contribution < 1.29 is 9.47 Å². The molecule has 0 unspecified atom stereocenters. The Hall–Kier alpha value is -2.57. The lowest BCUT2D eigenvalue weighted by molar-refractivity contribution is 0.396. The van der Waals surface area contributed by atoms with Gasteiger partial charge in [-0.2, -0.15) is 0 Å². The minimum absolute atomic E-state index is 0.332. The Morgan fingerprint density at radius 3 is 2.35 bits per heavy atom. The number of hydrogen-bond acceptors (Lipinski definition) is 7. The summed E-state index contributed by atoms with van der Waals surface area (Å²) in [6.07, 6.45) is 3.77. The lowest BCUT2D eigenvalue weighted by atomic mass is 10.1. The predicted molar refractivity (Wildman–Crippen MR) is 105 cm³/mol. The highest BCUT2D eigenvalue weighted by Gasteiger charge is 2.19. The van der Waals surface area contributed by atoms with E-state index in [1.54, 1.807) is 20.4 Å². The van der Waals surface area contributed by atoms with Crippen LogP contribution in [0.2, 0.25) is 0 Å². The van der Waals surface area contributed by atoms with E-state index in [1.807, 2.05) is 32.0 Å². The van der Waals surface area contributed by atoms with Gasteiger partial charge in [-0.15, -0.1) is 0 Å². The molecule has 2 aromatic heterocycles. The van der Waals surface area contributed by atoms with E-state index in [4.69, 9.17) is 14.5 Å². The molecule has 7 heteroatoms. The van der Waals surface area contributed by atoms with Crippen LogP contribution in [0, 0.1) is 6.92 Å². The molecule has 0 aliphatic carbocycles. The van der Waals surface area contributed by atoms with Gasteiger partial charge in [0.15, 0.2) is 5.82 Å². The van der Waals surface area contributed by atoms with Crippen LogP contribution in [-0.4, -0.2) is 49.3 Å². The number of ether oxygens (including phenoxy) is 2. The molecule has 7 nitrogen and oxygen atoms in total. The summed E-state index contributed by atoms with van der Waals surface area (Å²) < 4.78 is 11.0. The first-order valence-corrected chi connectivity index (χ1v) is 8.85. The van der Waals surface area contributed by atoms with Gasteiger partial charge in [0.25, 0.3) is 5.88 Å². The molecular weight excluding hydrogens is 330 g/mol. The van der Waals surface area contributed by atoms with Crippen LogP contribution in [-0.2, 0) is 0 Å². The van der Waals surface area contributed by atoms with Crippen LogP contribution in [0.3, 0.4) is 0 Å². The lowest BCUT2D eigenvalue weighted by Gasteiger charge is -2.19. The molecule has 2 heterocycles. The zero-order valence-corrected chi connectivity index (χ0v) is 16.8. The van der Waals surface area contributed by atoms with Crippen molar-refractivity contribution in [2.45, 2.75) is 39.7 Å². The Labute approximate surface area is 155 Å². The first-order valence-electron chi connectivity index (χ1n) is 8.85. The molecule has 26 heavy (non-hydrogen) atoms. The third-order valence-corrected chi connectivity index (χ3v) is 4.34. The molecule has 0 saturated carbocycles. The highest BCUT2D eigenvalue weighted by Crippen LogP contribution is 2.34. The van der Waals surface area contributed by atoms with E-state index in [-0.39, 0.29) is 0 Å². The van der Waals surface area contributed by atoms with Crippen molar-refractivity contribution in [2.24, 2.45) is 0 Å². The molecule has 2 rings (SSSR count). The summed E-state index contributed by atoms with van der Waals surface area (Å²) in [5, 5.41) is 3.42. The van der Waals surface area contributed by atoms with Gasteiger partial charge in [0.05, 0.1) is 25.5 Å². The Morgan fingerprint density at radius 2 is 1.81 bits per heavy atom. The monoisotopic (exact) mass is 359 g/mol. The molecule has 0 radical (unpaired) electrons. The quantitative estimate of drug-likeness (QED) is 0.773. The van der Waals surface area contributed by atoms with Gasteiger partial charge >= 0.3 is 0 Å². The van der Waals surface area contributed by atoms with Gasteiger partial charge in [-0.25, -0.2) is 15.0 Å². The second-order valence-electron chi connectivity index (χ2n) is 6.31. The SMILES string of the molecule is CCC(CC)Nc1nc(C)c(-c2cnc(N(C)C)cc2OC)nc1OC. The number of aryl methyl sites for hydroxylation is 1. The summed E-state index contributed by atoms with van der Waals surface area (Å²) >= 11 is 0. The van der Waals surface area contributed by atoms with E-state index >= 15 is 0 Å². The number of hydrogen-bond donors (Lipinski definition) is 1. The summed E-state index contributed by atoms with van der Waals surface area (Å²) in [6, 6.07) is 2.22. The van der Waals surface area contributed by atoms with Crippen LogP contribution >= 0.6 is 0 Å². The smallest absolute Gasteiger partial charge is 0.257 e. The van der Waals surface area contributed by atoms with Gasteiger partial charge in [0.1, 0.15) is 17.3 Å². The van der Waals surface area contributed by atoms with Crippen molar-refractivity contribution in [3.63, 3.8) is 0 Å². The van der Waals surface area contributed by atoms with Crippen molar-refractivity contribution >= 4 is 11.6 Å². The summed E-state index contributed by atoms with van der Waals surface area (Å²) in [5.74, 6) is 2.65. The average molecular weight is 359 g/mol. The Balaban J connectivity index is 2.51. The van der Waals surface area contributed by atoms with Crippen LogP contribution in [0.5, 0.6) is 11.6 Å². The summed E-state index contributed by atoms with van der Waals surface area (Å²) in [5.41, 5.74) is 2.28. The molecular formula is C19H29N5O2. The Kier molecular flexibility index (Phi) is 6.60. The number of aromatic nitrogens is 3. The maximum atomic E-state index is 5.56. The molecule has 0 fully saturated rings. The topological polar surface area (TPSA) is 72.4 Å². The van der Waals surface area contributed by atoms with Crippen molar-refractivity contribution in [1.82, 2.24) is 15.0 Å². The minimum Gasteiger partial charge on any atom is -0.496 e. The second-order valence-corrected chi connectivity index (χ2v) is 6.31. The summed E-state index contributed by atoms with van der Waals surface area (Å²) in [4.78, 5) is 15.8. The van der Waals surface area contributed by atoms with E-state index in [2.05, 4.69) is 29.1 Å².